The van der Waals surface area contributed by atoms with Gasteiger partial charge in [-0.25, -0.2) is 0 Å². The van der Waals surface area contributed by atoms with E-state index in [4.69, 9.17) is 9.47 Å². The number of aromatic hydroxyl groups is 3. The van der Waals surface area contributed by atoms with Crippen LogP contribution in [0.5, 0.6) is 28.7 Å². The van der Waals surface area contributed by atoms with Gasteiger partial charge in [0, 0.05) is 12.1 Å². The molecule has 7 nitrogen and oxygen atoms in total. The summed E-state index contributed by atoms with van der Waals surface area (Å²) in [6, 6.07) is 6.00. The van der Waals surface area contributed by atoms with Crippen LogP contribution in [0, 0.1) is 0 Å². The first-order valence-corrected chi connectivity index (χ1v) is 9.38. The molecule has 4 N–H and O–H groups in total. The predicted octanol–water partition coefficient (Wildman–Crippen LogP) is 3.33. The number of methoxy groups -OCH3 is 1. The molecular weight excluding hydrogens is 362 g/mol. The number of ether oxygens (including phenoxy) is 2. The van der Waals surface area contributed by atoms with Crippen LogP contribution in [-0.2, 0) is 0 Å². The number of piperidine rings is 1. The zero-order valence-corrected chi connectivity index (χ0v) is 15.6. The molecular formula is C21H23NO6. The van der Waals surface area contributed by atoms with Gasteiger partial charge in [0.05, 0.1) is 19.1 Å². The summed E-state index contributed by atoms with van der Waals surface area (Å²) in [7, 11) is 1.45. The molecule has 28 heavy (non-hydrogen) atoms. The average molecular weight is 385 g/mol. The highest BCUT2D eigenvalue weighted by Gasteiger charge is 2.35. The van der Waals surface area contributed by atoms with Crippen molar-refractivity contribution in [2.75, 3.05) is 13.7 Å². The number of phenolic OH excluding ortho intramolecular Hbond substituents is 3. The van der Waals surface area contributed by atoms with Crippen molar-refractivity contribution in [3.63, 3.8) is 0 Å². The summed E-state index contributed by atoms with van der Waals surface area (Å²) in [6.07, 6.45) is 2.20. The monoisotopic (exact) mass is 385 g/mol. The lowest BCUT2D eigenvalue weighted by Gasteiger charge is -2.30. The zero-order chi connectivity index (χ0) is 19.8. The number of carbonyl (C=O) groups excluding carboxylic acids is 1. The van der Waals surface area contributed by atoms with Crippen molar-refractivity contribution in [1.82, 2.24) is 5.32 Å². The summed E-state index contributed by atoms with van der Waals surface area (Å²) in [5.41, 5.74) is 1.07. The van der Waals surface area contributed by atoms with Crippen molar-refractivity contribution >= 4 is 5.78 Å². The summed E-state index contributed by atoms with van der Waals surface area (Å²) < 4.78 is 10.9. The fraction of sp³-hybridized carbons (Fsp3) is 0.381. The molecule has 0 radical (unpaired) electrons. The molecule has 1 saturated heterocycles. The SMILES string of the molecule is COc1ccc(C2CC(=O)c3c(cc(O)c(C4CCCCN4)c3O)O2)cc1O. The van der Waals surface area contributed by atoms with Crippen molar-refractivity contribution in [1.29, 1.82) is 0 Å². The lowest BCUT2D eigenvalue weighted by Crippen LogP contribution is -2.28. The second-order valence-corrected chi connectivity index (χ2v) is 7.20. The first kappa shape index (κ1) is 18.4. The van der Waals surface area contributed by atoms with E-state index in [0.717, 1.165) is 25.8 Å². The molecule has 0 saturated carbocycles. The van der Waals surface area contributed by atoms with Gasteiger partial charge in [-0.1, -0.05) is 12.5 Å². The Bertz CT molecular complexity index is 920. The number of benzene rings is 2. The van der Waals surface area contributed by atoms with Crippen LogP contribution in [0.2, 0.25) is 0 Å². The zero-order valence-electron chi connectivity index (χ0n) is 15.6. The van der Waals surface area contributed by atoms with E-state index in [-0.39, 0.29) is 46.8 Å². The van der Waals surface area contributed by atoms with Gasteiger partial charge in [-0.2, -0.15) is 0 Å². The maximum absolute atomic E-state index is 12.8. The van der Waals surface area contributed by atoms with E-state index in [1.807, 2.05) is 0 Å². The van der Waals surface area contributed by atoms with Crippen LogP contribution in [0.1, 0.15) is 59.3 Å². The van der Waals surface area contributed by atoms with Crippen LogP contribution >= 0.6 is 0 Å². The Morgan fingerprint density at radius 2 is 1.96 bits per heavy atom. The Balaban J connectivity index is 1.69. The highest BCUT2D eigenvalue weighted by molar-refractivity contribution is 6.03. The van der Waals surface area contributed by atoms with Crippen LogP contribution in [0.25, 0.3) is 0 Å². The molecule has 2 aliphatic heterocycles. The summed E-state index contributed by atoms with van der Waals surface area (Å²) >= 11 is 0. The van der Waals surface area contributed by atoms with E-state index in [1.54, 1.807) is 12.1 Å². The molecule has 0 aliphatic carbocycles. The number of carbonyl (C=O) groups is 1. The van der Waals surface area contributed by atoms with Crippen molar-refractivity contribution in [2.45, 2.75) is 37.8 Å². The second-order valence-electron chi connectivity index (χ2n) is 7.20. The minimum atomic E-state index is -0.630. The Morgan fingerprint density at radius 3 is 2.64 bits per heavy atom. The number of hydrogen-bond acceptors (Lipinski definition) is 7. The number of Topliss-reactive ketones (excluding diaryl/α,β-unsaturated/α-hetero) is 1. The first-order chi connectivity index (χ1) is 13.5. The summed E-state index contributed by atoms with van der Waals surface area (Å²) in [5.74, 6) is -0.156. The van der Waals surface area contributed by atoms with E-state index in [2.05, 4.69) is 5.32 Å². The molecule has 0 bridgehead atoms. The molecule has 2 atom stereocenters. The summed E-state index contributed by atoms with van der Waals surface area (Å²) in [6.45, 7) is 0.800. The van der Waals surface area contributed by atoms with Crippen molar-refractivity contribution in [3.8, 4) is 28.7 Å². The van der Waals surface area contributed by atoms with Gasteiger partial charge in [0.2, 0.25) is 0 Å². The molecule has 0 amide bonds. The second kappa shape index (κ2) is 7.24. The van der Waals surface area contributed by atoms with Gasteiger partial charge < -0.3 is 30.1 Å². The minimum Gasteiger partial charge on any atom is -0.507 e. The highest BCUT2D eigenvalue weighted by Crippen LogP contribution is 2.47. The van der Waals surface area contributed by atoms with Gasteiger partial charge in [0.15, 0.2) is 17.3 Å². The molecule has 2 unspecified atom stereocenters. The number of hydrogen-bond donors (Lipinski definition) is 4. The highest BCUT2D eigenvalue weighted by atomic mass is 16.5. The number of phenols is 3. The molecule has 7 heteroatoms. The van der Waals surface area contributed by atoms with Gasteiger partial charge in [-0.3, -0.25) is 4.79 Å². The lowest BCUT2D eigenvalue weighted by atomic mass is 9.89. The maximum atomic E-state index is 12.8. The molecule has 2 aliphatic rings. The van der Waals surface area contributed by atoms with Gasteiger partial charge in [0.25, 0.3) is 0 Å². The molecule has 2 heterocycles. The number of nitrogens with one attached hydrogen (secondary N) is 1. The van der Waals surface area contributed by atoms with Crippen LogP contribution < -0.4 is 14.8 Å². The third kappa shape index (κ3) is 3.11. The largest absolute Gasteiger partial charge is 0.507 e. The standard InChI is InChI=1S/C21H23NO6/c1-27-16-6-5-11(8-13(16)23)17-9-15(25)20-18(28-17)10-14(24)19(21(20)26)12-4-2-3-7-22-12/h5-6,8,10,12,17,22-24,26H,2-4,7,9H2,1H3. The van der Waals surface area contributed by atoms with Gasteiger partial charge in [-0.15, -0.1) is 0 Å². The van der Waals surface area contributed by atoms with Gasteiger partial charge in [0.1, 0.15) is 28.9 Å². The summed E-state index contributed by atoms with van der Waals surface area (Å²) in [4.78, 5) is 12.8. The Morgan fingerprint density at radius 1 is 1.14 bits per heavy atom. The van der Waals surface area contributed by atoms with E-state index in [0.29, 0.717) is 16.9 Å². The quantitative estimate of drug-likeness (QED) is 0.642. The topological polar surface area (TPSA) is 108 Å². The average Bonchev–Trinajstić information content (AvgIpc) is 2.68. The van der Waals surface area contributed by atoms with Crippen molar-refractivity contribution in [2.24, 2.45) is 0 Å². The van der Waals surface area contributed by atoms with Crippen molar-refractivity contribution < 1.29 is 29.6 Å². The minimum absolute atomic E-state index is 0.0225. The molecule has 1 fully saturated rings. The number of fused-ring (bicyclic) bond motifs is 1. The molecule has 148 valence electrons. The van der Waals surface area contributed by atoms with E-state index < -0.39 is 6.10 Å². The molecule has 0 aromatic heterocycles. The Kier molecular flexibility index (Phi) is 4.77. The molecule has 4 rings (SSSR count). The number of ketones is 1. The Hall–Kier alpha value is -2.93. The fourth-order valence-electron chi connectivity index (χ4n) is 4.01. The van der Waals surface area contributed by atoms with E-state index >= 15 is 0 Å². The molecule has 2 aromatic rings. The van der Waals surface area contributed by atoms with Crippen LogP contribution in [0.15, 0.2) is 24.3 Å². The predicted molar refractivity (Wildman–Crippen MR) is 101 cm³/mol. The summed E-state index contributed by atoms with van der Waals surface area (Å²) in [5, 5.41) is 34.5. The van der Waals surface area contributed by atoms with E-state index in [9.17, 15) is 20.1 Å². The fourth-order valence-corrected chi connectivity index (χ4v) is 4.01. The van der Waals surface area contributed by atoms with Crippen molar-refractivity contribution in [3.05, 3.63) is 41.0 Å². The third-order valence-electron chi connectivity index (χ3n) is 5.43. The van der Waals surface area contributed by atoms with E-state index in [1.165, 1.54) is 19.2 Å². The van der Waals surface area contributed by atoms with Gasteiger partial charge >= 0.3 is 0 Å². The van der Waals surface area contributed by atoms with Crippen LogP contribution in [-0.4, -0.2) is 34.8 Å². The smallest absolute Gasteiger partial charge is 0.174 e. The third-order valence-corrected chi connectivity index (χ3v) is 5.43. The first-order valence-electron chi connectivity index (χ1n) is 9.38. The van der Waals surface area contributed by atoms with Gasteiger partial charge in [-0.05, 0) is 37.1 Å². The normalized spacial score (nSPS) is 21.7. The Labute approximate surface area is 162 Å². The number of rotatable bonds is 3. The lowest BCUT2D eigenvalue weighted by molar-refractivity contribution is 0.0843. The molecule has 2 aromatic carbocycles. The van der Waals surface area contributed by atoms with Crippen LogP contribution in [0.3, 0.4) is 0 Å². The molecule has 0 spiro atoms. The maximum Gasteiger partial charge on any atom is 0.174 e. The van der Waals surface area contributed by atoms with Crippen LogP contribution in [0.4, 0.5) is 0 Å².